The van der Waals surface area contributed by atoms with Crippen LogP contribution in [-0.4, -0.2) is 29.9 Å². The Kier molecular flexibility index (Phi) is 5.29. The van der Waals surface area contributed by atoms with Crippen LogP contribution in [0.25, 0.3) is 0 Å². The molecule has 2 amide bonds. The Morgan fingerprint density at radius 3 is 2.80 bits per heavy atom. The minimum Gasteiger partial charge on any atom is -0.352 e. The lowest BCUT2D eigenvalue weighted by molar-refractivity contribution is -0.116. The molecule has 0 spiro atoms. The summed E-state index contributed by atoms with van der Waals surface area (Å²) >= 11 is 0. The fraction of sp³-hybridized carbons (Fsp3) is 0.400. The van der Waals surface area contributed by atoms with Crippen molar-refractivity contribution in [2.75, 3.05) is 13.1 Å². The number of nitrogens with one attached hydrogen (secondary N) is 2. The molecule has 2 rings (SSSR count). The van der Waals surface area contributed by atoms with Gasteiger partial charge in [0.2, 0.25) is 5.91 Å². The van der Waals surface area contributed by atoms with Crippen LogP contribution >= 0.6 is 0 Å². The highest BCUT2D eigenvalue weighted by atomic mass is 16.2. The predicted octanol–water partition coefficient (Wildman–Crippen LogP) is 1.28. The van der Waals surface area contributed by atoms with Gasteiger partial charge in [-0.25, -0.2) is 0 Å². The molecule has 2 N–H and O–H groups in total. The van der Waals surface area contributed by atoms with Gasteiger partial charge in [-0.15, -0.1) is 0 Å². The van der Waals surface area contributed by atoms with Crippen LogP contribution in [0.3, 0.4) is 0 Å². The molecule has 0 saturated heterocycles. The van der Waals surface area contributed by atoms with Crippen molar-refractivity contribution < 1.29 is 9.59 Å². The largest absolute Gasteiger partial charge is 0.352 e. The topological polar surface area (TPSA) is 71.1 Å². The molecule has 1 aliphatic carbocycles. The SMILES string of the molecule is O=C(/C=C/C1CC1)NCCCNC(=O)c1cccnc1. The molecule has 1 aromatic heterocycles. The van der Waals surface area contributed by atoms with E-state index in [1.54, 1.807) is 24.4 Å². The van der Waals surface area contributed by atoms with Crippen molar-refractivity contribution in [3.8, 4) is 0 Å². The van der Waals surface area contributed by atoms with E-state index >= 15 is 0 Å². The number of amides is 2. The van der Waals surface area contributed by atoms with Crippen LogP contribution in [-0.2, 0) is 4.79 Å². The fourth-order valence-corrected chi connectivity index (χ4v) is 1.67. The summed E-state index contributed by atoms with van der Waals surface area (Å²) in [7, 11) is 0. The van der Waals surface area contributed by atoms with Gasteiger partial charge < -0.3 is 10.6 Å². The molecule has 5 nitrogen and oxygen atoms in total. The van der Waals surface area contributed by atoms with E-state index in [0.29, 0.717) is 31.0 Å². The van der Waals surface area contributed by atoms with Gasteiger partial charge in [0.15, 0.2) is 0 Å². The summed E-state index contributed by atoms with van der Waals surface area (Å²) < 4.78 is 0. The van der Waals surface area contributed by atoms with Crippen molar-refractivity contribution in [3.63, 3.8) is 0 Å². The first-order chi connectivity index (χ1) is 9.75. The predicted molar refractivity (Wildman–Crippen MR) is 76.1 cm³/mol. The van der Waals surface area contributed by atoms with E-state index in [1.165, 1.54) is 19.0 Å². The van der Waals surface area contributed by atoms with Gasteiger partial charge in [-0.1, -0.05) is 6.08 Å². The molecule has 0 aliphatic heterocycles. The number of hydrogen-bond donors (Lipinski definition) is 2. The summed E-state index contributed by atoms with van der Waals surface area (Å²) in [5.41, 5.74) is 0.545. The van der Waals surface area contributed by atoms with Crippen LogP contribution in [0.2, 0.25) is 0 Å². The first-order valence-electron chi connectivity index (χ1n) is 6.90. The maximum Gasteiger partial charge on any atom is 0.252 e. The summed E-state index contributed by atoms with van der Waals surface area (Å²) in [6, 6.07) is 3.44. The number of nitrogens with zero attached hydrogens (tertiary/aromatic N) is 1. The van der Waals surface area contributed by atoms with Gasteiger partial charge in [-0.2, -0.15) is 0 Å². The van der Waals surface area contributed by atoms with Crippen molar-refractivity contribution in [3.05, 3.63) is 42.2 Å². The van der Waals surface area contributed by atoms with Gasteiger partial charge in [0.25, 0.3) is 5.91 Å². The van der Waals surface area contributed by atoms with Gasteiger partial charge in [-0.05, 0) is 43.4 Å². The second kappa shape index (κ2) is 7.43. The molecular weight excluding hydrogens is 254 g/mol. The smallest absolute Gasteiger partial charge is 0.252 e. The van der Waals surface area contributed by atoms with Crippen molar-refractivity contribution in [1.29, 1.82) is 0 Å². The quantitative estimate of drug-likeness (QED) is 0.581. The van der Waals surface area contributed by atoms with Crippen molar-refractivity contribution >= 4 is 11.8 Å². The molecule has 1 aliphatic rings. The molecule has 106 valence electrons. The highest BCUT2D eigenvalue weighted by molar-refractivity contribution is 5.93. The van der Waals surface area contributed by atoms with E-state index in [0.717, 1.165) is 0 Å². The zero-order valence-electron chi connectivity index (χ0n) is 11.3. The highest BCUT2D eigenvalue weighted by Crippen LogP contribution is 2.29. The van der Waals surface area contributed by atoms with Crippen LogP contribution in [0.4, 0.5) is 0 Å². The van der Waals surface area contributed by atoms with Crippen molar-refractivity contribution in [2.45, 2.75) is 19.3 Å². The second-order valence-electron chi connectivity index (χ2n) is 4.84. The Morgan fingerprint density at radius 2 is 2.10 bits per heavy atom. The summed E-state index contributed by atoms with van der Waals surface area (Å²) in [6.45, 7) is 1.08. The van der Waals surface area contributed by atoms with E-state index in [4.69, 9.17) is 0 Å². The molecule has 20 heavy (non-hydrogen) atoms. The summed E-state index contributed by atoms with van der Waals surface area (Å²) in [4.78, 5) is 27.0. The summed E-state index contributed by atoms with van der Waals surface area (Å²) in [5, 5.41) is 5.57. The number of aromatic nitrogens is 1. The maximum atomic E-state index is 11.7. The minimum absolute atomic E-state index is 0.0597. The van der Waals surface area contributed by atoms with Gasteiger partial charge in [0.1, 0.15) is 0 Å². The van der Waals surface area contributed by atoms with Crippen molar-refractivity contribution in [1.82, 2.24) is 15.6 Å². The third kappa shape index (κ3) is 5.22. The Morgan fingerprint density at radius 1 is 1.30 bits per heavy atom. The summed E-state index contributed by atoms with van der Waals surface area (Å²) in [5.74, 6) is 0.410. The molecule has 0 aromatic carbocycles. The van der Waals surface area contributed by atoms with E-state index in [2.05, 4.69) is 15.6 Å². The molecule has 1 heterocycles. The molecule has 0 atom stereocenters. The minimum atomic E-state index is -0.141. The number of allylic oxidation sites excluding steroid dienone is 1. The van der Waals surface area contributed by atoms with Gasteiger partial charge in [0, 0.05) is 25.5 Å². The van der Waals surface area contributed by atoms with Crippen LogP contribution in [0.1, 0.15) is 29.6 Å². The van der Waals surface area contributed by atoms with E-state index in [-0.39, 0.29) is 11.8 Å². The van der Waals surface area contributed by atoms with Gasteiger partial charge in [0.05, 0.1) is 5.56 Å². The zero-order valence-corrected chi connectivity index (χ0v) is 11.3. The number of pyridine rings is 1. The van der Waals surface area contributed by atoms with Gasteiger partial charge >= 0.3 is 0 Å². The first-order valence-corrected chi connectivity index (χ1v) is 6.90. The highest BCUT2D eigenvalue weighted by Gasteiger charge is 2.17. The molecule has 1 fully saturated rings. The lowest BCUT2D eigenvalue weighted by Crippen LogP contribution is -2.29. The molecular formula is C15H19N3O2. The van der Waals surface area contributed by atoms with Crippen LogP contribution in [0.15, 0.2) is 36.7 Å². The Balaban J connectivity index is 1.55. The van der Waals surface area contributed by atoms with Crippen LogP contribution < -0.4 is 10.6 Å². The number of carbonyl (C=O) groups excluding carboxylic acids is 2. The molecule has 5 heteroatoms. The Hall–Kier alpha value is -2.17. The fourth-order valence-electron chi connectivity index (χ4n) is 1.67. The Labute approximate surface area is 118 Å². The number of hydrogen-bond acceptors (Lipinski definition) is 3. The molecule has 1 saturated carbocycles. The zero-order chi connectivity index (χ0) is 14.2. The maximum absolute atomic E-state index is 11.7. The molecule has 0 radical (unpaired) electrons. The second-order valence-corrected chi connectivity index (χ2v) is 4.84. The lowest BCUT2D eigenvalue weighted by Gasteiger charge is -2.05. The van der Waals surface area contributed by atoms with E-state index in [1.807, 2.05) is 6.08 Å². The van der Waals surface area contributed by atoms with Crippen LogP contribution in [0, 0.1) is 5.92 Å². The van der Waals surface area contributed by atoms with Crippen LogP contribution in [0.5, 0.6) is 0 Å². The summed E-state index contributed by atoms with van der Waals surface area (Å²) in [6.07, 6.45) is 9.82. The van der Waals surface area contributed by atoms with E-state index in [9.17, 15) is 9.59 Å². The molecule has 1 aromatic rings. The normalized spacial score (nSPS) is 14.2. The molecule has 0 bridgehead atoms. The van der Waals surface area contributed by atoms with E-state index < -0.39 is 0 Å². The number of rotatable bonds is 7. The lowest BCUT2D eigenvalue weighted by atomic mass is 10.2. The Bertz CT molecular complexity index is 481. The third-order valence-electron chi connectivity index (χ3n) is 3.00. The van der Waals surface area contributed by atoms with Crippen molar-refractivity contribution in [2.24, 2.45) is 5.92 Å². The first kappa shape index (κ1) is 14.2. The third-order valence-corrected chi connectivity index (χ3v) is 3.00. The average Bonchev–Trinajstić information content (AvgIpc) is 3.29. The standard InChI is InChI=1S/C15H19N3O2/c19-14(7-6-12-4-5-12)17-9-2-10-18-15(20)13-3-1-8-16-11-13/h1,3,6-8,11-12H,2,4-5,9-10H2,(H,17,19)(H,18,20)/b7-6+. The molecule has 0 unspecified atom stereocenters. The van der Waals surface area contributed by atoms with Gasteiger partial charge in [-0.3, -0.25) is 14.6 Å². The monoisotopic (exact) mass is 273 g/mol. The average molecular weight is 273 g/mol. The number of carbonyl (C=O) groups is 2.